The number of hydrogen-bond acceptors (Lipinski definition) is 2. The molecule has 1 saturated heterocycles. The SMILES string of the molecule is CC1CCN(C(=O)c2c(O)cccc2I)C1C. The minimum Gasteiger partial charge on any atom is -0.507 e. The van der Waals surface area contributed by atoms with Gasteiger partial charge in [-0.25, -0.2) is 0 Å². The van der Waals surface area contributed by atoms with E-state index in [4.69, 9.17) is 0 Å². The molecule has 1 aliphatic rings. The highest BCUT2D eigenvalue weighted by Crippen LogP contribution is 2.29. The van der Waals surface area contributed by atoms with Crippen molar-refractivity contribution in [3.63, 3.8) is 0 Å². The van der Waals surface area contributed by atoms with E-state index in [1.54, 1.807) is 12.1 Å². The van der Waals surface area contributed by atoms with E-state index in [9.17, 15) is 9.90 Å². The van der Waals surface area contributed by atoms with E-state index in [1.807, 2.05) is 11.0 Å². The molecule has 1 aromatic rings. The Morgan fingerprint density at radius 1 is 1.47 bits per heavy atom. The summed E-state index contributed by atoms with van der Waals surface area (Å²) >= 11 is 2.09. The maximum atomic E-state index is 12.4. The summed E-state index contributed by atoms with van der Waals surface area (Å²) in [6, 6.07) is 5.42. The Bertz CT molecular complexity index is 427. The Morgan fingerprint density at radius 2 is 2.18 bits per heavy atom. The predicted octanol–water partition coefficient (Wildman–Crippen LogP) is 2.87. The maximum absolute atomic E-state index is 12.4. The summed E-state index contributed by atoms with van der Waals surface area (Å²) in [7, 11) is 0. The first-order chi connectivity index (χ1) is 8.02. The van der Waals surface area contributed by atoms with Crippen LogP contribution in [0.1, 0.15) is 30.6 Å². The molecule has 2 atom stereocenters. The van der Waals surface area contributed by atoms with Gasteiger partial charge in [-0.1, -0.05) is 13.0 Å². The lowest BCUT2D eigenvalue weighted by atomic mass is 10.0. The Hall–Kier alpha value is -0.780. The maximum Gasteiger partial charge on any atom is 0.258 e. The van der Waals surface area contributed by atoms with Crippen molar-refractivity contribution in [3.05, 3.63) is 27.3 Å². The van der Waals surface area contributed by atoms with Gasteiger partial charge in [0.25, 0.3) is 5.91 Å². The lowest BCUT2D eigenvalue weighted by molar-refractivity contribution is 0.0731. The summed E-state index contributed by atoms with van der Waals surface area (Å²) in [4.78, 5) is 14.3. The Morgan fingerprint density at radius 3 is 2.71 bits per heavy atom. The molecule has 0 saturated carbocycles. The molecule has 17 heavy (non-hydrogen) atoms. The molecule has 0 aliphatic carbocycles. The quantitative estimate of drug-likeness (QED) is 0.796. The van der Waals surface area contributed by atoms with Crippen molar-refractivity contribution < 1.29 is 9.90 Å². The number of amides is 1. The molecule has 1 aliphatic heterocycles. The van der Waals surface area contributed by atoms with Gasteiger partial charge in [0.05, 0.1) is 5.56 Å². The fourth-order valence-electron chi connectivity index (χ4n) is 2.25. The van der Waals surface area contributed by atoms with E-state index in [-0.39, 0.29) is 17.7 Å². The highest BCUT2D eigenvalue weighted by molar-refractivity contribution is 14.1. The van der Waals surface area contributed by atoms with Crippen molar-refractivity contribution >= 4 is 28.5 Å². The molecule has 2 rings (SSSR count). The zero-order valence-corrected chi connectivity index (χ0v) is 12.1. The summed E-state index contributed by atoms with van der Waals surface area (Å²) in [6.07, 6.45) is 1.04. The average Bonchev–Trinajstić information content (AvgIpc) is 2.59. The van der Waals surface area contributed by atoms with Crippen LogP contribution >= 0.6 is 22.6 Å². The van der Waals surface area contributed by atoms with Crippen LogP contribution < -0.4 is 0 Å². The van der Waals surface area contributed by atoms with Gasteiger partial charge in [-0.15, -0.1) is 0 Å². The third kappa shape index (κ3) is 2.27. The lowest BCUT2D eigenvalue weighted by Gasteiger charge is -2.24. The number of aromatic hydroxyl groups is 1. The van der Waals surface area contributed by atoms with Crippen molar-refractivity contribution in [2.75, 3.05) is 6.54 Å². The third-order valence-corrected chi connectivity index (χ3v) is 4.51. The molecule has 2 unspecified atom stereocenters. The minimum atomic E-state index is -0.0515. The number of halogens is 1. The monoisotopic (exact) mass is 345 g/mol. The second kappa shape index (κ2) is 4.84. The topological polar surface area (TPSA) is 40.5 Å². The smallest absolute Gasteiger partial charge is 0.258 e. The third-order valence-electron chi connectivity index (χ3n) is 3.61. The van der Waals surface area contributed by atoms with E-state index in [1.165, 1.54) is 0 Å². The van der Waals surface area contributed by atoms with Crippen LogP contribution in [0.4, 0.5) is 0 Å². The van der Waals surface area contributed by atoms with Crippen LogP contribution in [0.25, 0.3) is 0 Å². The number of carbonyl (C=O) groups is 1. The molecule has 0 spiro atoms. The van der Waals surface area contributed by atoms with Crippen LogP contribution in [-0.4, -0.2) is 28.5 Å². The van der Waals surface area contributed by atoms with Crippen LogP contribution in [0.3, 0.4) is 0 Å². The minimum absolute atomic E-state index is 0.0515. The fourth-order valence-corrected chi connectivity index (χ4v) is 2.96. The van der Waals surface area contributed by atoms with Crippen molar-refractivity contribution in [3.8, 4) is 5.75 Å². The van der Waals surface area contributed by atoms with Crippen LogP contribution in [0.5, 0.6) is 5.75 Å². The normalized spacial score (nSPS) is 24.1. The average molecular weight is 345 g/mol. The zero-order chi connectivity index (χ0) is 12.6. The van der Waals surface area contributed by atoms with E-state index in [0.29, 0.717) is 11.5 Å². The Labute approximate surface area is 115 Å². The lowest BCUT2D eigenvalue weighted by Crippen LogP contribution is -2.35. The first kappa shape index (κ1) is 12.7. The molecular formula is C13H16INO2. The van der Waals surface area contributed by atoms with E-state index in [0.717, 1.165) is 16.5 Å². The summed E-state index contributed by atoms with van der Waals surface area (Å²) in [5.41, 5.74) is 0.439. The highest BCUT2D eigenvalue weighted by atomic mass is 127. The summed E-state index contributed by atoms with van der Waals surface area (Å²) < 4.78 is 0.805. The van der Waals surface area contributed by atoms with E-state index >= 15 is 0 Å². The van der Waals surface area contributed by atoms with Crippen LogP contribution in [0.15, 0.2) is 18.2 Å². The Balaban J connectivity index is 2.32. The molecule has 1 heterocycles. The largest absolute Gasteiger partial charge is 0.507 e. The van der Waals surface area contributed by atoms with Gasteiger partial charge >= 0.3 is 0 Å². The van der Waals surface area contributed by atoms with Crippen LogP contribution in [0.2, 0.25) is 0 Å². The molecule has 92 valence electrons. The number of hydrogen-bond donors (Lipinski definition) is 1. The summed E-state index contributed by atoms with van der Waals surface area (Å²) in [5, 5.41) is 9.82. The zero-order valence-electron chi connectivity index (χ0n) is 9.98. The molecule has 0 aromatic heterocycles. The van der Waals surface area contributed by atoms with Crippen molar-refractivity contribution in [2.45, 2.75) is 26.3 Å². The first-order valence-corrected chi connectivity index (χ1v) is 6.88. The van der Waals surface area contributed by atoms with Crippen molar-refractivity contribution in [1.29, 1.82) is 0 Å². The van der Waals surface area contributed by atoms with E-state index in [2.05, 4.69) is 36.4 Å². The van der Waals surface area contributed by atoms with Gasteiger partial charge in [-0.2, -0.15) is 0 Å². The predicted molar refractivity (Wildman–Crippen MR) is 75.1 cm³/mol. The number of rotatable bonds is 1. The summed E-state index contributed by atoms with van der Waals surface area (Å²) in [5.74, 6) is 0.556. The number of nitrogens with zero attached hydrogens (tertiary/aromatic N) is 1. The number of phenolic OH excluding ortho intramolecular Hbond substituents is 1. The van der Waals surface area contributed by atoms with E-state index < -0.39 is 0 Å². The molecule has 1 fully saturated rings. The highest BCUT2D eigenvalue weighted by Gasteiger charge is 2.33. The molecule has 1 amide bonds. The molecule has 0 bridgehead atoms. The first-order valence-electron chi connectivity index (χ1n) is 5.81. The van der Waals surface area contributed by atoms with Crippen LogP contribution in [-0.2, 0) is 0 Å². The van der Waals surface area contributed by atoms with Gasteiger partial charge in [0.15, 0.2) is 0 Å². The number of carbonyl (C=O) groups excluding carboxylic acids is 1. The standard InChI is InChI=1S/C13H16INO2/c1-8-6-7-15(9(8)2)13(17)12-10(14)4-3-5-11(12)16/h3-5,8-9,16H,6-7H2,1-2H3. The summed E-state index contributed by atoms with van der Waals surface area (Å²) in [6.45, 7) is 5.02. The second-order valence-corrected chi connectivity index (χ2v) is 5.80. The molecule has 0 radical (unpaired) electrons. The van der Waals surface area contributed by atoms with Crippen LogP contribution in [0, 0.1) is 9.49 Å². The fraction of sp³-hybridized carbons (Fsp3) is 0.462. The van der Waals surface area contributed by atoms with Gasteiger partial charge in [-0.05, 0) is 54.0 Å². The van der Waals surface area contributed by atoms with Crippen molar-refractivity contribution in [1.82, 2.24) is 4.90 Å². The molecule has 4 heteroatoms. The molecule has 1 aromatic carbocycles. The van der Waals surface area contributed by atoms with Crippen molar-refractivity contribution in [2.24, 2.45) is 5.92 Å². The molecule has 1 N–H and O–H groups in total. The Kier molecular flexibility index (Phi) is 3.61. The van der Waals surface area contributed by atoms with Gasteiger partial charge in [0.2, 0.25) is 0 Å². The number of benzene rings is 1. The van der Waals surface area contributed by atoms with Gasteiger partial charge in [-0.3, -0.25) is 4.79 Å². The van der Waals surface area contributed by atoms with Gasteiger partial charge < -0.3 is 10.0 Å². The molecule has 3 nitrogen and oxygen atoms in total. The number of likely N-dealkylation sites (tertiary alicyclic amines) is 1. The number of phenols is 1. The van der Waals surface area contributed by atoms with Gasteiger partial charge in [0, 0.05) is 16.2 Å². The second-order valence-electron chi connectivity index (χ2n) is 4.64. The van der Waals surface area contributed by atoms with Gasteiger partial charge in [0.1, 0.15) is 5.75 Å². The molecular weight excluding hydrogens is 329 g/mol.